The summed E-state index contributed by atoms with van der Waals surface area (Å²) in [5.41, 5.74) is 2.79. The monoisotopic (exact) mass is 342 g/mol. The zero-order chi connectivity index (χ0) is 17.1. The van der Waals surface area contributed by atoms with Crippen molar-refractivity contribution in [2.75, 3.05) is 4.90 Å². The third-order valence-electron chi connectivity index (χ3n) is 4.19. The van der Waals surface area contributed by atoms with Gasteiger partial charge in [0.1, 0.15) is 0 Å². The van der Waals surface area contributed by atoms with Crippen LogP contribution in [0.15, 0.2) is 48.5 Å². The molecule has 1 aliphatic heterocycles. The molecule has 1 aliphatic rings. The van der Waals surface area contributed by atoms with Gasteiger partial charge in [0.2, 0.25) is 5.91 Å². The van der Waals surface area contributed by atoms with E-state index in [-0.39, 0.29) is 18.2 Å². The van der Waals surface area contributed by atoms with Gasteiger partial charge in [-0.2, -0.15) is 0 Å². The van der Waals surface area contributed by atoms with Gasteiger partial charge in [-0.25, -0.2) is 4.90 Å². The molecule has 1 heterocycles. The molecular weight excluding hydrogens is 324 g/mol. The fourth-order valence-electron chi connectivity index (χ4n) is 2.83. The van der Waals surface area contributed by atoms with E-state index in [4.69, 9.17) is 11.6 Å². The van der Waals surface area contributed by atoms with E-state index in [0.29, 0.717) is 17.3 Å². The SMILES string of the molecule is CCc1ccc(N2C(=O)C[C@H](NCc3cccc(Cl)c3)C2=O)cc1. The van der Waals surface area contributed by atoms with Crippen molar-refractivity contribution in [2.24, 2.45) is 0 Å². The summed E-state index contributed by atoms with van der Waals surface area (Å²) >= 11 is 5.96. The molecule has 5 heteroatoms. The molecule has 2 amide bonds. The fourth-order valence-corrected chi connectivity index (χ4v) is 3.04. The lowest BCUT2D eigenvalue weighted by Gasteiger charge is -2.16. The number of aryl methyl sites for hydroxylation is 1. The maximum atomic E-state index is 12.6. The van der Waals surface area contributed by atoms with Gasteiger partial charge in [-0.1, -0.05) is 42.8 Å². The second-order valence-corrected chi connectivity index (χ2v) is 6.29. The predicted octanol–water partition coefficient (Wildman–Crippen LogP) is 3.32. The zero-order valence-electron chi connectivity index (χ0n) is 13.5. The van der Waals surface area contributed by atoms with Gasteiger partial charge in [0.15, 0.2) is 0 Å². The van der Waals surface area contributed by atoms with Crippen molar-refractivity contribution < 1.29 is 9.59 Å². The maximum absolute atomic E-state index is 12.6. The molecule has 24 heavy (non-hydrogen) atoms. The summed E-state index contributed by atoms with van der Waals surface area (Å²) in [7, 11) is 0. The van der Waals surface area contributed by atoms with Crippen LogP contribution in [0.2, 0.25) is 5.02 Å². The lowest BCUT2D eigenvalue weighted by Crippen LogP contribution is -2.38. The van der Waals surface area contributed by atoms with Crippen molar-refractivity contribution in [1.82, 2.24) is 5.32 Å². The summed E-state index contributed by atoms with van der Waals surface area (Å²) in [5.74, 6) is -0.376. The van der Waals surface area contributed by atoms with E-state index >= 15 is 0 Å². The van der Waals surface area contributed by atoms with Gasteiger partial charge in [-0.3, -0.25) is 9.59 Å². The summed E-state index contributed by atoms with van der Waals surface area (Å²) in [5, 5.41) is 3.81. The van der Waals surface area contributed by atoms with E-state index in [0.717, 1.165) is 12.0 Å². The Morgan fingerprint density at radius 3 is 2.54 bits per heavy atom. The van der Waals surface area contributed by atoms with E-state index in [2.05, 4.69) is 12.2 Å². The average Bonchev–Trinajstić information content (AvgIpc) is 2.87. The minimum atomic E-state index is -0.498. The Hall–Kier alpha value is -2.17. The fraction of sp³-hybridized carbons (Fsp3) is 0.263. The molecule has 124 valence electrons. The van der Waals surface area contributed by atoms with Crippen LogP contribution in [-0.2, 0) is 22.6 Å². The number of rotatable bonds is 5. The van der Waals surface area contributed by atoms with Gasteiger partial charge in [-0.15, -0.1) is 0 Å². The lowest BCUT2D eigenvalue weighted by atomic mass is 10.1. The number of halogens is 1. The molecule has 1 atom stereocenters. The van der Waals surface area contributed by atoms with E-state index in [1.54, 1.807) is 6.07 Å². The Kier molecular flexibility index (Phi) is 4.97. The molecule has 1 fully saturated rings. The quantitative estimate of drug-likeness (QED) is 0.848. The molecular formula is C19H19ClN2O2. The highest BCUT2D eigenvalue weighted by Gasteiger charge is 2.39. The Labute approximate surface area is 146 Å². The van der Waals surface area contributed by atoms with Crippen LogP contribution in [0.25, 0.3) is 0 Å². The second kappa shape index (κ2) is 7.16. The van der Waals surface area contributed by atoms with E-state index in [9.17, 15) is 9.59 Å². The molecule has 0 unspecified atom stereocenters. The van der Waals surface area contributed by atoms with Crippen molar-refractivity contribution >= 4 is 29.1 Å². The summed E-state index contributed by atoms with van der Waals surface area (Å²) in [6, 6.07) is 14.5. The molecule has 1 saturated heterocycles. The largest absolute Gasteiger partial charge is 0.301 e. The normalized spacial score (nSPS) is 17.6. The molecule has 2 aromatic carbocycles. The van der Waals surface area contributed by atoms with E-state index in [1.807, 2.05) is 42.5 Å². The highest BCUT2D eigenvalue weighted by atomic mass is 35.5. The van der Waals surface area contributed by atoms with Crippen LogP contribution in [0.4, 0.5) is 5.69 Å². The molecule has 1 N–H and O–H groups in total. The molecule has 4 nitrogen and oxygen atoms in total. The molecule has 0 bridgehead atoms. The van der Waals surface area contributed by atoms with Gasteiger partial charge >= 0.3 is 0 Å². The second-order valence-electron chi connectivity index (χ2n) is 5.85. The first-order valence-electron chi connectivity index (χ1n) is 8.02. The van der Waals surface area contributed by atoms with Gasteiger partial charge in [0.25, 0.3) is 5.91 Å². The first-order valence-corrected chi connectivity index (χ1v) is 8.40. The van der Waals surface area contributed by atoms with Crippen molar-refractivity contribution in [2.45, 2.75) is 32.4 Å². The van der Waals surface area contributed by atoms with Crippen LogP contribution in [0.3, 0.4) is 0 Å². The van der Waals surface area contributed by atoms with Crippen molar-refractivity contribution in [3.05, 3.63) is 64.7 Å². The number of hydrogen-bond donors (Lipinski definition) is 1. The number of carbonyl (C=O) groups excluding carboxylic acids is 2. The number of imide groups is 1. The lowest BCUT2D eigenvalue weighted by molar-refractivity contribution is -0.121. The highest BCUT2D eigenvalue weighted by Crippen LogP contribution is 2.23. The third-order valence-corrected chi connectivity index (χ3v) is 4.43. The average molecular weight is 343 g/mol. The third kappa shape index (κ3) is 3.50. The van der Waals surface area contributed by atoms with Gasteiger partial charge in [0, 0.05) is 11.6 Å². The van der Waals surface area contributed by atoms with Crippen molar-refractivity contribution in [1.29, 1.82) is 0 Å². The summed E-state index contributed by atoms with van der Waals surface area (Å²) < 4.78 is 0. The first kappa shape index (κ1) is 16.7. The van der Waals surface area contributed by atoms with Crippen LogP contribution in [-0.4, -0.2) is 17.9 Å². The zero-order valence-corrected chi connectivity index (χ0v) is 14.2. The van der Waals surface area contributed by atoms with Gasteiger partial charge < -0.3 is 5.32 Å². The Morgan fingerprint density at radius 1 is 1.12 bits per heavy atom. The standard InChI is InChI=1S/C19H19ClN2O2/c1-2-13-6-8-16(9-7-13)22-18(23)11-17(19(22)24)21-12-14-4-3-5-15(20)10-14/h3-10,17,21H,2,11-12H2,1H3/t17-/m0/s1. The predicted molar refractivity (Wildman–Crippen MR) is 95.0 cm³/mol. The minimum absolute atomic E-state index is 0.173. The van der Waals surface area contributed by atoms with E-state index in [1.165, 1.54) is 10.5 Å². The van der Waals surface area contributed by atoms with Crippen molar-refractivity contribution in [3.63, 3.8) is 0 Å². The Bertz CT molecular complexity index is 758. The topological polar surface area (TPSA) is 49.4 Å². The van der Waals surface area contributed by atoms with Gasteiger partial charge in [0.05, 0.1) is 18.2 Å². The number of carbonyl (C=O) groups is 2. The summed E-state index contributed by atoms with van der Waals surface area (Å²) in [6.45, 7) is 2.56. The first-order chi connectivity index (χ1) is 11.6. The number of nitrogens with zero attached hydrogens (tertiary/aromatic N) is 1. The molecule has 0 aliphatic carbocycles. The number of nitrogens with one attached hydrogen (secondary N) is 1. The number of hydrogen-bond acceptors (Lipinski definition) is 3. The molecule has 0 aromatic heterocycles. The highest BCUT2D eigenvalue weighted by molar-refractivity contribution is 6.30. The molecule has 3 rings (SSSR count). The maximum Gasteiger partial charge on any atom is 0.251 e. The molecule has 2 aromatic rings. The molecule has 0 spiro atoms. The van der Waals surface area contributed by atoms with Crippen molar-refractivity contribution in [3.8, 4) is 0 Å². The van der Waals surface area contributed by atoms with Crippen LogP contribution >= 0.6 is 11.6 Å². The van der Waals surface area contributed by atoms with Crippen LogP contribution in [0.5, 0.6) is 0 Å². The molecule has 0 radical (unpaired) electrons. The van der Waals surface area contributed by atoms with Crippen LogP contribution in [0.1, 0.15) is 24.5 Å². The van der Waals surface area contributed by atoms with Gasteiger partial charge in [-0.05, 0) is 41.8 Å². The molecule has 0 saturated carbocycles. The Balaban J connectivity index is 1.69. The smallest absolute Gasteiger partial charge is 0.251 e. The minimum Gasteiger partial charge on any atom is -0.301 e. The Morgan fingerprint density at radius 2 is 1.88 bits per heavy atom. The summed E-state index contributed by atoms with van der Waals surface area (Å²) in [4.78, 5) is 26.1. The number of anilines is 1. The number of benzene rings is 2. The van der Waals surface area contributed by atoms with E-state index < -0.39 is 6.04 Å². The summed E-state index contributed by atoms with van der Waals surface area (Å²) in [6.07, 6.45) is 1.10. The van der Waals surface area contributed by atoms with Crippen LogP contribution < -0.4 is 10.2 Å². The van der Waals surface area contributed by atoms with Crippen LogP contribution in [0, 0.1) is 0 Å². The number of amides is 2.